The Labute approximate surface area is 125 Å². The summed E-state index contributed by atoms with van der Waals surface area (Å²) in [5.41, 5.74) is 0.382. The molecule has 2 N–H and O–H groups in total. The third-order valence-corrected chi connectivity index (χ3v) is 4.16. The van der Waals surface area contributed by atoms with Crippen LogP contribution in [0.2, 0.25) is 0 Å². The van der Waals surface area contributed by atoms with Crippen LogP contribution in [0.4, 0.5) is 8.78 Å². The van der Waals surface area contributed by atoms with Gasteiger partial charge in [-0.1, -0.05) is 27.7 Å². The lowest BCUT2D eigenvalue weighted by Crippen LogP contribution is -2.29. The fourth-order valence-electron chi connectivity index (χ4n) is 1.59. The fraction of sp³-hybridized carbons (Fsp3) is 0.571. The highest BCUT2D eigenvalue weighted by atomic mass is 32.2. The number of benzene rings is 1. The molecule has 7 heteroatoms. The van der Waals surface area contributed by atoms with Gasteiger partial charge in [-0.2, -0.15) is 0 Å². The molecule has 0 saturated carbocycles. The van der Waals surface area contributed by atoms with E-state index in [9.17, 15) is 17.2 Å². The maximum Gasteiger partial charge on any atom is 0.243 e. The van der Waals surface area contributed by atoms with Crippen molar-refractivity contribution >= 4 is 10.0 Å². The molecule has 1 aromatic carbocycles. The van der Waals surface area contributed by atoms with Gasteiger partial charge in [0.1, 0.15) is 4.90 Å². The summed E-state index contributed by atoms with van der Waals surface area (Å²) in [6, 6.07) is 2.32. The van der Waals surface area contributed by atoms with Gasteiger partial charge in [0, 0.05) is 19.1 Å². The SMILES string of the molecule is CC(C)CNS(=O)(=O)c1cc(CNC(C)C)cc(F)c1F. The monoisotopic (exact) mass is 320 g/mol. The molecule has 0 fully saturated rings. The highest BCUT2D eigenvalue weighted by Gasteiger charge is 2.23. The molecule has 0 aliphatic rings. The van der Waals surface area contributed by atoms with Crippen LogP contribution in [0.3, 0.4) is 0 Å². The van der Waals surface area contributed by atoms with E-state index in [0.29, 0.717) is 5.56 Å². The summed E-state index contributed by atoms with van der Waals surface area (Å²) in [5.74, 6) is -2.44. The van der Waals surface area contributed by atoms with Gasteiger partial charge in [0.25, 0.3) is 0 Å². The first-order valence-electron chi connectivity index (χ1n) is 6.84. The predicted molar refractivity (Wildman–Crippen MR) is 78.4 cm³/mol. The number of halogens is 2. The van der Waals surface area contributed by atoms with E-state index in [1.54, 1.807) is 0 Å². The van der Waals surface area contributed by atoms with E-state index in [4.69, 9.17) is 0 Å². The van der Waals surface area contributed by atoms with Gasteiger partial charge in [-0.05, 0) is 23.6 Å². The highest BCUT2D eigenvalue weighted by Crippen LogP contribution is 2.20. The Hall–Kier alpha value is -1.05. The standard InChI is InChI=1S/C14H22F2N2O2S/c1-9(2)7-18-21(19,20)13-6-11(8-17-10(3)4)5-12(15)14(13)16/h5-6,9-10,17-18H,7-8H2,1-4H3. The van der Waals surface area contributed by atoms with E-state index in [0.717, 1.165) is 12.1 Å². The molecule has 21 heavy (non-hydrogen) atoms. The molecule has 0 aromatic heterocycles. The topological polar surface area (TPSA) is 58.2 Å². The van der Waals surface area contributed by atoms with Crippen molar-refractivity contribution in [2.24, 2.45) is 5.92 Å². The molecule has 0 radical (unpaired) electrons. The zero-order valence-corrected chi connectivity index (χ0v) is 13.5. The van der Waals surface area contributed by atoms with Crippen molar-refractivity contribution in [3.05, 3.63) is 29.3 Å². The molecule has 0 unspecified atom stereocenters. The van der Waals surface area contributed by atoms with Crippen LogP contribution < -0.4 is 10.0 Å². The fourth-order valence-corrected chi connectivity index (χ4v) is 2.94. The second-order valence-electron chi connectivity index (χ2n) is 5.67. The first-order chi connectivity index (χ1) is 9.63. The van der Waals surface area contributed by atoms with Crippen LogP contribution in [0, 0.1) is 17.6 Å². The van der Waals surface area contributed by atoms with E-state index < -0.39 is 26.6 Å². The highest BCUT2D eigenvalue weighted by molar-refractivity contribution is 7.89. The van der Waals surface area contributed by atoms with Crippen LogP contribution in [-0.4, -0.2) is 21.0 Å². The first-order valence-corrected chi connectivity index (χ1v) is 8.32. The van der Waals surface area contributed by atoms with Gasteiger partial charge in [-0.25, -0.2) is 21.9 Å². The molecular formula is C14H22F2N2O2S. The van der Waals surface area contributed by atoms with Gasteiger partial charge < -0.3 is 5.32 Å². The Kier molecular flexibility index (Phi) is 6.24. The minimum Gasteiger partial charge on any atom is -0.310 e. The molecule has 0 spiro atoms. The summed E-state index contributed by atoms with van der Waals surface area (Å²) in [4.78, 5) is -0.649. The molecule has 0 saturated heterocycles. The Morgan fingerprint density at radius 1 is 1.14 bits per heavy atom. The number of nitrogens with one attached hydrogen (secondary N) is 2. The molecular weight excluding hydrogens is 298 g/mol. The van der Waals surface area contributed by atoms with Gasteiger partial charge in [0.2, 0.25) is 10.0 Å². The first kappa shape index (κ1) is 18.0. The molecule has 0 aliphatic carbocycles. The minimum atomic E-state index is -4.06. The lowest BCUT2D eigenvalue weighted by atomic mass is 10.2. The van der Waals surface area contributed by atoms with Crippen LogP contribution >= 0.6 is 0 Å². The van der Waals surface area contributed by atoms with Crippen LogP contribution in [0.25, 0.3) is 0 Å². The minimum absolute atomic E-state index is 0.0680. The maximum atomic E-state index is 13.8. The lowest BCUT2D eigenvalue weighted by molar-refractivity contribution is 0.478. The average molecular weight is 320 g/mol. The van der Waals surface area contributed by atoms with Crippen molar-refractivity contribution in [3.8, 4) is 0 Å². The summed E-state index contributed by atoms with van der Waals surface area (Å²) in [5, 5.41) is 3.03. The lowest BCUT2D eigenvalue weighted by Gasteiger charge is -2.13. The Balaban J connectivity index is 3.10. The summed E-state index contributed by atoms with van der Waals surface area (Å²) in [6.07, 6.45) is 0. The Morgan fingerprint density at radius 3 is 2.29 bits per heavy atom. The van der Waals surface area contributed by atoms with Gasteiger partial charge in [-0.3, -0.25) is 0 Å². The second kappa shape index (κ2) is 7.29. The number of hydrogen-bond donors (Lipinski definition) is 2. The van der Waals surface area contributed by atoms with E-state index in [1.807, 2.05) is 27.7 Å². The number of sulfonamides is 1. The van der Waals surface area contributed by atoms with E-state index in [1.165, 1.54) is 0 Å². The average Bonchev–Trinajstić information content (AvgIpc) is 2.37. The summed E-state index contributed by atoms with van der Waals surface area (Å²) >= 11 is 0. The molecule has 120 valence electrons. The normalized spacial score (nSPS) is 12.4. The van der Waals surface area contributed by atoms with E-state index >= 15 is 0 Å². The largest absolute Gasteiger partial charge is 0.310 e. The third-order valence-electron chi connectivity index (χ3n) is 2.74. The third kappa shape index (κ3) is 5.33. The van der Waals surface area contributed by atoms with Gasteiger partial charge >= 0.3 is 0 Å². The van der Waals surface area contributed by atoms with Crippen molar-refractivity contribution in [1.29, 1.82) is 0 Å². The van der Waals surface area contributed by atoms with Crippen molar-refractivity contribution in [2.45, 2.75) is 45.2 Å². The van der Waals surface area contributed by atoms with Crippen LogP contribution in [-0.2, 0) is 16.6 Å². The van der Waals surface area contributed by atoms with Crippen molar-refractivity contribution in [3.63, 3.8) is 0 Å². The van der Waals surface area contributed by atoms with E-state index in [2.05, 4.69) is 10.0 Å². The Morgan fingerprint density at radius 2 is 1.76 bits per heavy atom. The molecule has 0 heterocycles. The second-order valence-corrected chi connectivity index (χ2v) is 7.41. The molecule has 4 nitrogen and oxygen atoms in total. The van der Waals surface area contributed by atoms with Crippen LogP contribution in [0.1, 0.15) is 33.3 Å². The summed E-state index contributed by atoms with van der Waals surface area (Å²) < 4.78 is 53.8. The quantitative estimate of drug-likeness (QED) is 0.811. The Bertz CT molecular complexity index is 587. The van der Waals surface area contributed by atoms with Gasteiger partial charge in [-0.15, -0.1) is 0 Å². The summed E-state index contributed by atoms with van der Waals surface area (Å²) in [6.45, 7) is 7.88. The summed E-state index contributed by atoms with van der Waals surface area (Å²) in [7, 11) is -4.06. The number of rotatable bonds is 7. The zero-order valence-electron chi connectivity index (χ0n) is 12.7. The predicted octanol–water partition coefficient (Wildman–Crippen LogP) is 2.40. The smallest absolute Gasteiger partial charge is 0.243 e. The van der Waals surface area contributed by atoms with E-state index in [-0.39, 0.29) is 25.0 Å². The van der Waals surface area contributed by atoms with Crippen molar-refractivity contribution < 1.29 is 17.2 Å². The van der Waals surface area contributed by atoms with Crippen molar-refractivity contribution in [1.82, 2.24) is 10.0 Å². The molecule has 0 aliphatic heterocycles. The van der Waals surface area contributed by atoms with Crippen LogP contribution in [0.15, 0.2) is 17.0 Å². The zero-order chi connectivity index (χ0) is 16.2. The van der Waals surface area contributed by atoms with Crippen molar-refractivity contribution in [2.75, 3.05) is 6.54 Å². The molecule has 1 rings (SSSR count). The van der Waals surface area contributed by atoms with Crippen LogP contribution in [0.5, 0.6) is 0 Å². The molecule has 0 atom stereocenters. The molecule has 1 aromatic rings. The van der Waals surface area contributed by atoms with Gasteiger partial charge in [0.15, 0.2) is 11.6 Å². The molecule has 0 bridgehead atoms. The van der Waals surface area contributed by atoms with Gasteiger partial charge in [0.05, 0.1) is 0 Å². The maximum absolute atomic E-state index is 13.8. The molecule has 0 amide bonds. The number of hydrogen-bond acceptors (Lipinski definition) is 3.